The van der Waals surface area contributed by atoms with Gasteiger partial charge in [-0.2, -0.15) is 5.10 Å². The molecule has 2 aliphatic rings. The average Bonchev–Trinajstić information content (AvgIpc) is 2.96. The number of amides is 1. The summed E-state index contributed by atoms with van der Waals surface area (Å²) < 4.78 is 7.18. The zero-order chi connectivity index (χ0) is 19.0. The van der Waals surface area contributed by atoms with Crippen LogP contribution in [0.4, 0.5) is 0 Å². The van der Waals surface area contributed by atoms with Gasteiger partial charge in [0.1, 0.15) is 6.04 Å². The quantitative estimate of drug-likeness (QED) is 0.815. The van der Waals surface area contributed by atoms with E-state index in [0.29, 0.717) is 12.5 Å². The molecule has 0 spiro atoms. The predicted molar refractivity (Wildman–Crippen MR) is 104 cm³/mol. The fourth-order valence-corrected chi connectivity index (χ4v) is 4.07. The molecule has 3 heterocycles. The first kappa shape index (κ1) is 18.4. The van der Waals surface area contributed by atoms with Crippen molar-refractivity contribution in [3.63, 3.8) is 0 Å². The lowest BCUT2D eigenvalue weighted by Crippen LogP contribution is -2.61. The molecule has 4 rings (SSSR count). The molecule has 0 saturated carbocycles. The highest BCUT2D eigenvalue weighted by Gasteiger charge is 2.36. The third kappa shape index (κ3) is 3.59. The zero-order valence-corrected chi connectivity index (χ0v) is 16.4. The van der Waals surface area contributed by atoms with Crippen LogP contribution in [-0.2, 0) is 22.1 Å². The first-order chi connectivity index (χ1) is 13.0. The van der Waals surface area contributed by atoms with E-state index in [2.05, 4.69) is 27.7 Å². The van der Waals surface area contributed by atoms with Gasteiger partial charge in [-0.3, -0.25) is 14.4 Å². The number of ether oxygens (including phenoxy) is 1. The van der Waals surface area contributed by atoms with E-state index < -0.39 is 5.54 Å². The van der Waals surface area contributed by atoms with Crippen LogP contribution in [-0.4, -0.2) is 66.0 Å². The van der Waals surface area contributed by atoms with Crippen LogP contribution in [0.1, 0.15) is 19.5 Å². The van der Waals surface area contributed by atoms with Gasteiger partial charge in [0.2, 0.25) is 5.91 Å². The van der Waals surface area contributed by atoms with Crippen LogP contribution in [0, 0.1) is 5.92 Å². The molecule has 0 radical (unpaired) electrons. The Morgan fingerprint density at radius 2 is 2.15 bits per heavy atom. The van der Waals surface area contributed by atoms with Crippen molar-refractivity contribution < 1.29 is 9.53 Å². The molecule has 2 fully saturated rings. The van der Waals surface area contributed by atoms with E-state index in [1.165, 1.54) is 0 Å². The number of hydrogen-bond acceptors (Lipinski definition) is 5. The van der Waals surface area contributed by atoms with Gasteiger partial charge in [0, 0.05) is 44.5 Å². The molecule has 2 aliphatic heterocycles. The van der Waals surface area contributed by atoms with Crippen molar-refractivity contribution in [3.05, 3.63) is 30.0 Å². The third-order valence-corrected chi connectivity index (χ3v) is 5.64. The Morgan fingerprint density at radius 1 is 1.37 bits per heavy atom. The van der Waals surface area contributed by atoms with Crippen LogP contribution >= 0.6 is 0 Å². The number of para-hydroxylation sites is 1. The highest BCUT2D eigenvalue weighted by Crippen LogP contribution is 2.27. The molecule has 0 bridgehead atoms. The van der Waals surface area contributed by atoms with Crippen molar-refractivity contribution in [1.82, 2.24) is 25.3 Å². The molecule has 146 valence electrons. The maximum absolute atomic E-state index is 13.2. The van der Waals surface area contributed by atoms with Crippen molar-refractivity contribution in [1.29, 1.82) is 0 Å². The summed E-state index contributed by atoms with van der Waals surface area (Å²) >= 11 is 0. The first-order valence-electron chi connectivity index (χ1n) is 9.72. The minimum atomic E-state index is -0.555. The van der Waals surface area contributed by atoms with E-state index in [4.69, 9.17) is 9.84 Å². The maximum atomic E-state index is 13.2. The highest BCUT2D eigenvalue weighted by molar-refractivity contribution is 5.86. The Hall–Kier alpha value is -1.96. The van der Waals surface area contributed by atoms with Crippen LogP contribution in [0.15, 0.2) is 24.3 Å². The number of aromatic nitrogens is 2. The van der Waals surface area contributed by atoms with Crippen molar-refractivity contribution >= 4 is 16.8 Å². The van der Waals surface area contributed by atoms with Crippen molar-refractivity contribution in [3.8, 4) is 0 Å². The molecule has 2 aromatic rings. The van der Waals surface area contributed by atoms with Gasteiger partial charge in [-0.25, -0.2) is 0 Å². The number of piperazine rings is 1. The van der Waals surface area contributed by atoms with Crippen molar-refractivity contribution in [2.45, 2.75) is 25.4 Å². The second kappa shape index (κ2) is 7.22. The van der Waals surface area contributed by atoms with E-state index in [1.807, 2.05) is 37.7 Å². The van der Waals surface area contributed by atoms with E-state index in [9.17, 15) is 4.79 Å². The monoisotopic (exact) mass is 371 g/mol. The van der Waals surface area contributed by atoms with Crippen molar-refractivity contribution in [2.75, 3.05) is 39.4 Å². The predicted octanol–water partition coefficient (Wildman–Crippen LogP) is 0.845. The Kier molecular flexibility index (Phi) is 4.92. The molecule has 1 aromatic carbocycles. The molecule has 2 N–H and O–H groups in total. The average molecular weight is 371 g/mol. The second-order valence-corrected chi connectivity index (χ2v) is 8.22. The number of hydrogen-bond donors (Lipinski definition) is 2. The summed E-state index contributed by atoms with van der Waals surface area (Å²) in [7, 11) is 1.94. The Morgan fingerprint density at radius 3 is 2.89 bits per heavy atom. The summed E-state index contributed by atoms with van der Waals surface area (Å²) in [4.78, 5) is 15.5. The molecule has 1 atom stereocenters. The molecule has 27 heavy (non-hydrogen) atoms. The molecule has 2 saturated heterocycles. The maximum Gasteiger partial charge on any atom is 0.239 e. The largest absolute Gasteiger partial charge is 0.381 e. The summed E-state index contributed by atoms with van der Waals surface area (Å²) in [5.41, 5.74) is 1.41. The molecule has 7 nitrogen and oxygen atoms in total. The lowest BCUT2D eigenvalue weighted by atomic mass is 9.96. The molecule has 1 aromatic heterocycles. The third-order valence-electron chi connectivity index (χ3n) is 5.64. The van der Waals surface area contributed by atoms with Crippen LogP contribution in [0.5, 0.6) is 0 Å². The molecular weight excluding hydrogens is 342 g/mol. The molecule has 0 aliphatic carbocycles. The van der Waals surface area contributed by atoms with Gasteiger partial charge in [-0.1, -0.05) is 18.2 Å². The SMILES string of the molecule is Cn1nc(C(C)(C)NC(=O)[C@@H]2CNCCN2CC2COC2)c2ccccc21. The van der Waals surface area contributed by atoms with Crippen molar-refractivity contribution in [2.24, 2.45) is 13.0 Å². The molecule has 7 heteroatoms. The highest BCUT2D eigenvalue weighted by atomic mass is 16.5. The minimum absolute atomic E-state index is 0.0576. The lowest BCUT2D eigenvalue weighted by Gasteiger charge is -2.40. The van der Waals surface area contributed by atoms with Gasteiger partial charge >= 0.3 is 0 Å². The number of nitrogens with one attached hydrogen (secondary N) is 2. The summed E-state index contributed by atoms with van der Waals surface area (Å²) in [5.74, 6) is 0.605. The van der Waals surface area contributed by atoms with Crippen LogP contribution < -0.4 is 10.6 Å². The van der Waals surface area contributed by atoms with Gasteiger partial charge < -0.3 is 15.4 Å². The number of rotatable bonds is 5. The van der Waals surface area contributed by atoms with Gasteiger partial charge in [0.25, 0.3) is 0 Å². The standard InChI is InChI=1S/C20H29N5O2/c1-20(2,18-15-6-4-5-7-16(15)24(3)23-18)22-19(26)17-10-21-8-9-25(17)11-14-12-27-13-14/h4-7,14,17,21H,8-13H2,1-3H3,(H,22,26)/t17-/m0/s1. The molecule has 1 amide bonds. The normalized spacial score (nSPS) is 22.0. The minimum Gasteiger partial charge on any atom is -0.381 e. The number of carbonyl (C=O) groups excluding carboxylic acids is 1. The fourth-order valence-electron chi connectivity index (χ4n) is 4.07. The Bertz CT molecular complexity index is 827. The smallest absolute Gasteiger partial charge is 0.239 e. The van der Waals surface area contributed by atoms with Gasteiger partial charge in [0.15, 0.2) is 0 Å². The number of fused-ring (bicyclic) bond motifs is 1. The van der Waals surface area contributed by atoms with Crippen LogP contribution in [0.25, 0.3) is 10.9 Å². The molecular formula is C20H29N5O2. The Labute approximate surface area is 160 Å². The number of nitrogens with zero attached hydrogens (tertiary/aromatic N) is 3. The molecule has 0 unspecified atom stereocenters. The number of aryl methyl sites for hydroxylation is 1. The van der Waals surface area contributed by atoms with E-state index in [0.717, 1.165) is 49.4 Å². The van der Waals surface area contributed by atoms with Crippen LogP contribution in [0.2, 0.25) is 0 Å². The van der Waals surface area contributed by atoms with Gasteiger partial charge in [-0.15, -0.1) is 0 Å². The number of carbonyl (C=O) groups is 1. The zero-order valence-electron chi connectivity index (χ0n) is 16.4. The fraction of sp³-hybridized carbons (Fsp3) is 0.600. The summed E-state index contributed by atoms with van der Waals surface area (Å²) in [6, 6.07) is 7.98. The first-order valence-corrected chi connectivity index (χ1v) is 9.72. The van der Waals surface area contributed by atoms with Gasteiger partial charge in [0.05, 0.1) is 30.0 Å². The number of benzene rings is 1. The second-order valence-electron chi connectivity index (χ2n) is 8.22. The Balaban J connectivity index is 1.52. The van der Waals surface area contributed by atoms with E-state index in [1.54, 1.807) is 0 Å². The van der Waals surface area contributed by atoms with E-state index >= 15 is 0 Å². The summed E-state index contributed by atoms with van der Waals surface area (Å²) in [5, 5.41) is 12.4. The summed E-state index contributed by atoms with van der Waals surface area (Å²) in [6.45, 7) is 9.09. The van der Waals surface area contributed by atoms with E-state index in [-0.39, 0.29) is 11.9 Å². The topological polar surface area (TPSA) is 71.4 Å². The lowest BCUT2D eigenvalue weighted by molar-refractivity contribution is -0.130. The summed E-state index contributed by atoms with van der Waals surface area (Å²) in [6.07, 6.45) is 0. The van der Waals surface area contributed by atoms with Crippen LogP contribution in [0.3, 0.4) is 0 Å². The van der Waals surface area contributed by atoms with Gasteiger partial charge in [-0.05, 0) is 19.9 Å².